The molecule has 0 aliphatic rings. The fourth-order valence-corrected chi connectivity index (χ4v) is 4.50. The Kier molecular flexibility index (Phi) is 6.16. The average Bonchev–Trinajstić information content (AvgIpc) is 2.69. The molecule has 0 bridgehead atoms. The quantitative estimate of drug-likeness (QED) is 0.316. The van der Waals surface area contributed by atoms with Crippen molar-refractivity contribution in [2.45, 2.75) is 19.6 Å². The molecule has 1 unspecified atom stereocenters. The van der Waals surface area contributed by atoms with Crippen molar-refractivity contribution in [1.29, 1.82) is 0 Å². The molecule has 0 aliphatic carbocycles. The molecule has 3 rings (SSSR count). The largest absolute Gasteiger partial charge is 0.393 e. The van der Waals surface area contributed by atoms with Crippen molar-refractivity contribution in [1.82, 2.24) is 0 Å². The summed E-state index contributed by atoms with van der Waals surface area (Å²) in [7, 11) is -1.63. The van der Waals surface area contributed by atoms with Gasteiger partial charge in [-0.2, -0.15) is 0 Å². The molecule has 148 valence electrons. The molecule has 0 aliphatic heterocycles. The second-order valence-electron chi connectivity index (χ2n) is 5.69. The Morgan fingerprint density at radius 1 is 0.828 bits per heavy atom. The minimum atomic E-state index is -1.63. The molecule has 0 radical (unpaired) electrons. The van der Waals surface area contributed by atoms with Crippen LogP contribution in [0.2, 0.25) is 5.02 Å². The van der Waals surface area contributed by atoms with Gasteiger partial charge in [-0.25, -0.2) is 4.21 Å². The van der Waals surface area contributed by atoms with Crippen LogP contribution in [0.5, 0.6) is 0 Å². The molecule has 0 fully saturated rings. The lowest BCUT2D eigenvalue weighted by molar-refractivity contribution is -0.384. The van der Waals surface area contributed by atoms with Gasteiger partial charge in [0, 0.05) is 26.8 Å². The Hall–Kier alpha value is -2.95. The third-order valence-electron chi connectivity index (χ3n) is 3.80. The predicted molar refractivity (Wildman–Crippen MR) is 111 cm³/mol. The van der Waals surface area contributed by atoms with E-state index >= 15 is 0 Å². The maximum absolute atomic E-state index is 12.7. The Balaban J connectivity index is 1.81. The van der Waals surface area contributed by atoms with Crippen molar-refractivity contribution in [3.63, 3.8) is 0 Å². The number of nitrogen functional groups attached to an aromatic ring is 1. The molecule has 8 nitrogen and oxygen atoms in total. The molecule has 11 heteroatoms. The highest BCUT2D eigenvalue weighted by Crippen LogP contribution is 2.34. The summed E-state index contributed by atoms with van der Waals surface area (Å²) in [5, 5.41) is 22.1. The Morgan fingerprint density at radius 2 is 1.41 bits per heavy atom. The first kappa shape index (κ1) is 20.8. The van der Waals surface area contributed by atoms with E-state index in [0.29, 0.717) is 9.79 Å². The van der Waals surface area contributed by atoms with Gasteiger partial charge in [-0.05, 0) is 48.5 Å². The topological polar surface area (TPSA) is 129 Å². The van der Waals surface area contributed by atoms with Crippen molar-refractivity contribution in [2.24, 2.45) is 0 Å². The lowest BCUT2D eigenvalue weighted by Gasteiger charge is -2.06. The lowest BCUT2D eigenvalue weighted by atomic mass is 10.3. The summed E-state index contributed by atoms with van der Waals surface area (Å²) in [6.07, 6.45) is 0. The van der Waals surface area contributed by atoms with E-state index < -0.39 is 20.6 Å². The highest BCUT2D eigenvalue weighted by Gasteiger charge is 2.17. The van der Waals surface area contributed by atoms with Crippen molar-refractivity contribution in [2.75, 3.05) is 5.73 Å². The van der Waals surface area contributed by atoms with Crippen molar-refractivity contribution in [3.8, 4) is 0 Å². The first-order chi connectivity index (χ1) is 13.8. The standard InChI is InChI=1S/C18H12ClN3O5S2/c19-15-7-3-12(9-17(15)21(23)24)28-11-1-4-13(5-2-11)29(27)14-6-8-16(20)18(10-14)22(25)26/h1-10H,20H2. The minimum Gasteiger partial charge on any atom is -0.393 e. The summed E-state index contributed by atoms with van der Waals surface area (Å²) in [5.74, 6) is 0. The van der Waals surface area contributed by atoms with Gasteiger partial charge in [-0.1, -0.05) is 23.4 Å². The zero-order valence-electron chi connectivity index (χ0n) is 14.5. The summed E-state index contributed by atoms with van der Waals surface area (Å²) in [6.45, 7) is 0. The van der Waals surface area contributed by atoms with Crippen LogP contribution in [0.3, 0.4) is 0 Å². The van der Waals surface area contributed by atoms with Crippen LogP contribution in [0.1, 0.15) is 0 Å². The SMILES string of the molecule is Nc1ccc(S(=O)c2ccc(Sc3ccc(Cl)c([N+](=O)[O-])c3)cc2)cc1[N+](=O)[O-]. The number of anilines is 1. The monoisotopic (exact) mass is 449 g/mol. The second-order valence-corrected chi connectivity index (χ2v) is 8.72. The molecule has 0 amide bonds. The van der Waals surface area contributed by atoms with E-state index in [9.17, 15) is 24.4 Å². The number of hydrogen-bond acceptors (Lipinski definition) is 7. The normalized spacial score (nSPS) is 11.8. The number of nitro benzene ring substituents is 2. The number of nitro groups is 2. The molecular weight excluding hydrogens is 438 g/mol. The molecule has 0 aromatic heterocycles. The molecule has 3 aromatic rings. The van der Waals surface area contributed by atoms with Crippen LogP contribution in [0.4, 0.5) is 17.1 Å². The van der Waals surface area contributed by atoms with Gasteiger partial charge in [-0.3, -0.25) is 20.2 Å². The van der Waals surface area contributed by atoms with Gasteiger partial charge >= 0.3 is 0 Å². The summed E-state index contributed by atoms with van der Waals surface area (Å²) >= 11 is 7.10. The summed E-state index contributed by atoms with van der Waals surface area (Å²) < 4.78 is 12.7. The highest BCUT2D eigenvalue weighted by molar-refractivity contribution is 7.99. The number of benzene rings is 3. The van der Waals surface area contributed by atoms with Crippen molar-refractivity contribution < 1.29 is 14.1 Å². The van der Waals surface area contributed by atoms with Crippen LogP contribution in [0.25, 0.3) is 0 Å². The van der Waals surface area contributed by atoms with Crippen LogP contribution in [-0.4, -0.2) is 14.1 Å². The summed E-state index contributed by atoms with van der Waals surface area (Å²) in [5.41, 5.74) is 5.09. The Labute approximate surface area is 176 Å². The Bertz CT molecular complexity index is 1140. The molecule has 0 saturated heterocycles. The second kappa shape index (κ2) is 8.60. The summed E-state index contributed by atoms with van der Waals surface area (Å²) in [4.78, 5) is 22.9. The number of rotatable bonds is 6. The van der Waals surface area contributed by atoms with Gasteiger partial charge in [0.05, 0.1) is 25.5 Å². The van der Waals surface area contributed by atoms with Gasteiger partial charge in [-0.15, -0.1) is 0 Å². The minimum absolute atomic E-state index is 0.000411. The van der Waals surface area contributed by atoms with Gasteiger partial charge in [0.25, 0.3) is 11.4 Å². The van der Waals surface area contributed by atoms with Crippen molar-refractivity contribution >= 4 is 51.2 Å². The molecule has 0 saturated carbocycles. The first-order valence-corrected chi connectivity index (χ1v) is 10.3. The molecule has 1 atom stereocenters. The molecule has 0 spiro atoms. The Morgan fingerprint density at radius 3 is 2.03 bits per heavy atom. The number of halogens is 1. The van der Waals surface area contributed by atoms with Crippen molar-refractivity contribution in [3.05, 3.63) is 85.9 Å². The van der Waals surface area contributed by atoms with Gasteiger partial charge in [0.15, 0.2) is 0 Å². The van der Waals surface area contributed by atoms with E-state index in [1.807, 2.05) is 0 Å². The van der Waals surface area contributed by atoms with Crippen LogP contribution in [0, 0.1) is 20.2 Å². The maximum atomic E-state index is 12.7. The maximum Gasteiger partial charge on any atom is 0.293 e. The van der Waals surface area contributed by atoms with Crippen LogP contribution in [0.15, 0.2) is 80.2 Å². The van der Waals surface area contributed by atoms with Crippen LogP contribution < -0.4 is 5.73 Å². The van der Waals surface area contributed by atoms with E-state index in [1.165, 1.54) is 42.1 Å². The van der Waals surface area contributed by atoms with E-state index in [0.717, 1.165) is 4.90 Å². The summed E-state index contributed by atoms with van der Waals surface area (Å²) in [6, 6.07) is 15.2. The highest BCUT2D eigenvalue weighted by atomic mass is 35.5. The van der Waals surface area contributed by atoms with E-state index in [-0.39, 0.29) is 27.0 Å². The lowest BCUT2D eigenvalue weighted by Crippen LogP contribution is -1.99. The number of nitrogens with zero attached hydrogens (tertiary/aromatic N) is 2. The fraction of sp³-hybridized carbons (Fsp3) is 0. The molecule has 2 N–H and O–H groups in total. The van der Waals surface area contributed by atoms with Gasteiger partial charge in [0.2, 0.25) is 0 Å². The number of hydrogen-bond donors (Lipinski definition) is 1. The van der Waals surface area contributed by atoms with Gasteiger partial charge in [0.1, 0.15) is 10.7 Å². The average molecular weight is 450 g/mol. The number of nitrogens with two attached hydrogens (primary N) is 1. The zero-order chi connectivity index (χ0) is 21.1. The first-order valence-electron chi connectivity index (χ1n) is 7.94. The molecular formula is C18H12ClN3O5S2. The molecule has 3 aromatic carbocycles. The molecule has 29 heavy (non-hydrogen) atoms. The third kappa shape index (κ3) is 4.73. The van der Waals surface area contributed by atoms with Gasteiger partial charge < -0.3 is 5.73 Å². The van der Waals surface area contributed by atoms with E-state index in [2.05, 4.69) is 0 Å². The van der Waals surface area contributed by atoms with E-state index in [1.54, 1.807) is 30.3 Å². The van der Waals surface area contributed by atoms with E-state index in [4.69, 9.17) is 17.3 Å². The van der Waals surface area contributed by atoms with Crippen LogP contribution in [-0.2, 0) is 10.8 Å². The fourth-order valence-electron chi connectivity index (χ4n) is 2.40. The zero-order valence-corrected chi connectivity index (χ0v) is 16.9. The third-order valence-corrected chi connectivity index (χ3v) is 6.50. The smallest absolute Gasteiger partial charge is 0.293 e. The predicted octanol–water partition coefficient (Wildman–Crippen LogP) is 5.06. The molecule has 0 heterocycles. The van der Waals surface area contributed by atoms with Crippen LogP contribution >= 0.6 is 23.4 Å².